The third-order valence-corrected chi connectivity index (χ3v) is 5.22. The van der Waals surface area contributed by atoms with Gasteiger partial charge in [-0.05, 0) is 47.5 Å². The molecule has 1 N–H and O–H groups in total. The van der Waals surface area contributed by atoms with Crippen LogP contribution in [0, 0.1) is 5.82 Å². The number of ether oxygens (including phenoxy) is 3. The zero-order valence-electron chi connectivity index (χ0n) is 16.4. The number of hydrogen-bond acceptors (Lipinski definition) is 4. The molecule has 0 radical (unpaired) electrons. The number of nitrogens with one attached hydrogen (secondary N) is 1. The van der Waals surface area contributed by atoms with Gasteiger partial charge in [0.1, 0.15) is 18.2 Å². The van der Waals surface area contributed by atoms with Crippen molar-refractivity contribution >= 4 is 15.9 Å². The lowest BCUT2D eigenvalue weighted by molar-refractivity contribution is 0.280. The topological polar surface area (TPSA) is 39.7 Å². The van der Waals surface area contributed by atoms with E-state index in [-0.39, 0.29) is 5.82 Å². The molecule has 0 fully saturated rings. The summed E-state index contributed by atoms with van der Waals surface area (Å²) in [6.45, 7) is 1.60. The number of hydrogen-bond donors (Lipinski definition) is 1. The molecule has 0 bridgehead atoms. The zero-order chi connectivity index (χ0) is 20.6. The van der Waals surface area contributed by atoms with Crippen LogP contribution in [0.2, 0.25) is 0 Å². The van der Waals surface area contributed by atoms with E-state index < -0.39 is 0 Å². The number of rotatable bonds is 9. The van der Waals surface area contributed by atoms with Gasteiger partial charge in [0.05, 0.1) is 14.2 Å². The normalized spacial score (nSPS) is 10.6. The Balaban J connectivity index is 1.71. The average molecular weight is 460 g/mol. The highest BCUT2D eigenvalue weighted by atomic mass is 79.9. The molecule has 0 saturated carbocycles. The van der Waals surface area contributed by atoms with Crippen LogP contribution in [-0.2, 0) is 19.7 Å². The molecule has 0 unspecified atom stereocenters. The molecular weight excluding hydrogens is 437 g/mol. The second-order valence-electron chi connectivity index (χ2n) is 6.42. The van der Waals surface area contributed by atoms with Crippen LogP contribution in [0.4, 0.5) is 4.39 Å². The lowest BCUT2D eigenvalue weighted by Crippen LogP contribution is -2.14. The van der Waals surface area contributed by atoms with Crippen molar-refractivity contribution in [1.29, 1.82) is 0 Å². The molecule has 0 spiro atoms. The Morgan fingerprint density at radius 1 is 0.828 bits per heavy atom. The highest BCUT2D eigenvalue weighted by molar-refractivity contribution is 9.10. The Kier molecular flexibility index (Phi) is 7.49. The molecule has 4 nitrogen and oxygen atoms in total. The molecule has 0 aliphatic carbocycles. The largest absolute Gasteiger partial charge is 0.497 e. The van der Waals surface area contributed by atoms with Crippen LogP contribution in [0.15, 0.2) is 65.1 Å². The van der Waals surface area contributed by atoms with Gasteiger partial charge in [-0.3, -0.25) is 0 Å². The highest BCUT2D eigenvalue weighted by Crippen LogP contribution is 2.36. The van der Waals surface area contributed by atoms with Gasteiger partial charge in [0.15, 0.2) is 11.5 Å². The summed E-state index contributed by atoms with van der Waals surface area (Å²) in [6.07, 6.45) is 0. The van der Waals surface area contributed by atoms with Gasteiger partial charge >= 0.3 is 0 Å². The van der Waals surface area contributed by atoms with Crippen LogP contribution < -0.4 is 19.5 Å². The molecule has 29 heavy (non-hydrogen) atoms. The van der Waals surface area contributed by atoms with Gasteiger partial charge in [0, 0.05) is 23.1 Å². The lowest BCUT2D eigenvalue weighted by atomic mass is 10.1. The first-order valence-electron chi connectivity index (χ1n) is 9.17. The molecule has 0 atom stereocenters. The van der Waals surface area contributed by atoms with Crippen LogP contribution in [0.1, 0.15) is 16.7 Å². The fourth-order valence-electron chi connectivity index (χ4n) is 2.88. The van der Waals surface area contributed by atoms with Gasteiger partial charge in [0.2, 0.25) is 0 Å². The van der Waals surface area contributed by atoms with Crippen LogP contribution in [-0.4, -0.2) is 14.2 Å². The first-order valence-corrected chi connectivity index (χ1v) is 9.96. The van der Waals surface area contributed by atoms with E-state index in [0.717, 1.165) is 26.9 Å². The summed E-state index contributed by atoms with van der Waals surface area (Å²) in [7, 11) is 3.27. The second kappa shape index (κ2) is 10.3. The van der Waals surface area contributed by atoms with E-state index in [0.29, 0.717) is 31.2 Å². The van der Waals surface area contributed by atoms with Crippen molar-refractivity contribution in [2.24, 2.45) is 0 Å². The van der Waals surface area contributed by atoms with Crippen molar-refractivity contribution in [3.05, 3.63) is 87.6 Å². The predicted octanol–water partition coefficient (Wildman–Crippen LogP) is 5.47. The van der Waals surface area contributed by atoms with Crippen LogP contribution >= 0.6 is 15.9 Å². The van der Waals surface area contributed by atoms with E-state index in [4.69, 9.17) is 14.2 Å². The van der Waals surface area contributed by atoms with Crippen molar-refractivity contribution in [2.45, 2.75) is 19.7 Å². The minimum atomic E-state index is -0.266. The molecule has 3 aromatic rings. The molecule has 0 aromatic heterocycles. The van der Waals surface area contributed by atoms with Crippen molar-refractivity contribution in [3.8, 4) is 17.2 Å². The maximum atomic E-state index is 13.1. The SMILES string of the molecule is COc1ccc(CNCc2c(Br)ccc(OC)c2OCc2ccc(F)cc2)cc1. The van der Waals surface area contributed by atoms with Gasteiger partial charge in [-0.2, -0.15) is 0 Å². The molecule has 0 saturated heterocycles. The Morgan fingerprint density at radius 2 is 1.52 bits per heavy atom. The number of benzene rings is 3. The minimum absolute atomic E-state index is 0.266. The molecular formula is C23H23BrFNO3. The zero-order valence-corrected chi connectivity index (χ0v) is 18.0. The van der Waals surface area contributed by atoms with Gasteiger partial charge in [-0.25, -0.2) is 4.39 Å². The van der Waals surface area contributed by atoms with E-state index in [1.54, 1.807) is 26.4 Å². The number of methoxy groups -OCH3 is 2. The summed E-state index contributed by atoms with van der Waals surface area (Å²) in [4.78, 5) is 0. The minimum Gasteiger partial charge on any atom is -0.497 e. The molecule has 3 aromatic carbocycles. The molecule has 3 rings (SSSR count). The van der Waals surface area contributed by atoms with Crippen molar-refractivity contribution in [3.63, 3.8) is 0 Å². The first kappa shape index (κ1) is 21.1. The van der Waals surface area contributed by atoms with Gasteiger partial charge in [0.25, 0.3) is 0 Å². The monoisotopic (exact) mass is 459 g/mol. The van der Waals surface area contributed by atoms with Crippen LogP contribution in [0.5, 0.6) is 17.2 Å². The van der Waals surface area contributed by atoms with Gasteiger partial charge < -0.3 is 19.5 Å². The molecule has 0 heterocycles. The van der Waals surface area contributed by atoms with E-state index in [1.165, 1.54) is 12.1 Å². The fraction of sp³-hybridized carbons (Fsp3) is 0.217. The molecule has 0 amide bonds. The Hall–Kier alpha value is -2.57. The molecule has 6 heteroatoms. The van der Waals surface area contributed by atoms with Gasteiger partial charge in [-0.1, -0.05) is 40.2 Å². The third-order valence-electron chi connectivity index (χ3n) is 4.47. The van der Waals surface area contributed by atoms with Crippen molar-refractivity contribution in [2.75, 3.05) is 14.2 Å². The maximum Gasteiger partial charge on any atom is 0.167 e. The molecule has 0 aliphatic heterocycles. The highest BCUT2D eigenvalue weighted by Gasteiger charge is 2.15. The fourth-order valence-corrected chi connectivity index (χ4v) is 3.33. The van der Waals surface area contributed by atoms with E-state index in [2.05, 4.69) is 21.2 Å². The summed E-state index contributed by atoms with van der Waals surface area (Å²) >= 11 is 3.61. The Morgan fingerprint density at radius 3 is 2.17 bits per heavy atom. The van der Waals surface area contributed by atoms with Crippen molar-refractivity contribution in [1.82, 2.24) is 5.32 Å². The van der Waals surface area contributed by atoms with Crippen molar-refractivity contribution < 1.29 is 18.6 Å². The van der Waals surface area contributed by atoms with Crippen LogP contribution in [0.25, 0.3) is 0 Å². The quantitative estimate of drug-likeness (QED) is 0.460. The second-order valence-corrected chi connectivity index (χ2v) is 7.28. The smallest absolute Gasteiger partial charge is 0.167 e. The summed E-state index contributed by atoms with van der Waals surface area (Å²) in [6, 6.07) is 18.0. The number of halogens is 2. The standard InChI is InChI=1S/C23H23BrFNO3/c1-27-19-9-5-16(6-10-19)13-26-14-20-21(24)11-12-22(28-2)23(20)29-15-17-3-7-18(25)8-4-17/h3-12,26H,13-15H2,1-2H3. The Labute approximate surface area is 178 Å². The van der Waals surface area contributed by atoms with Crippen LogP contribution in [0.3, 0.4) is 0 Å². The maximum absolute atomic E-state index is 13.1. The van der Waals surface area contributed by atoms with E-state index in [9.17, 15) is 4.39 Å². The first-order chi connectivity index (χ1) is 14.1. The summed E-state index contributed by atoms with van der Waals surface area (Å²) in [5, 5.41) is 3.44. The predicted molar refractivity (Wildman–Crippen MR) is 115 cm³/mol. The third kappa shape index (κ3) is 5.71. The summed E-state index contributed by atoms with van der Waals surface area (Å²) in [5.74, 6) is 1.88. The molecule has 152 valence electrons. The van der Waals surface area contributed by atoms with E-state index in [1.807, 2.05) is 36.4 Å². The Bertz CT molecular complexity index is 930. The lowest BCUT2D eigenvalue weighted by Gasteiger charge is -2.17. The molecule has 0 aliphatic rings. The summed E-state index contributed by atoms with van der Waals surface area (Å²) < 4.78 is 30.8. The summed E-state index contributed by atoms with van der Waals surface area (Å²) in [5.41, 5.74) is 2.99. The average Bonchev–Trinajstić information content (AvgIpc) is 2.75. The van der Waals surface area contributed by atoms with E-state index >= 15 is 0 Å². The van der Waals surface area contributed by atoms with Gasteiger partial charge in [-0.15, -0.1) is 0 Å².